The third kappa shape index (κ3) is 4.35. The Kier molecular flexibility index (Phi) is 5.12. The lowest BCUT2D eigenvalue weighted by atomic mass is 10.1. The van der Waals surface area contributed by atoms with E-state index < -0.39 is 0 Å². The third-order valence-corrected chi connectivity index (χ3v) is 3.10. The summed E-state index contributed by atoms with van der Waals surface area (Å²) in [5.74, 6) is 2.26. The van der Waals surface area contributed by atoms with Gasteiger partial charge in [0.25, 0.3) is 0 Å². The minimum absolute atomic E-state index is 0.396. The average molecular weight is 275 g/mol. The molecule has 2 aromatic rings. The molecule has 0 saturated carbocycles. The van der Waals surface area contributed by atoms with Gasteiger partial charge in [0.15, 0.2) is 5.82 Å². The van der Waals surface area contributed by atoms with Crippen LogP contribution in [0.25, 0.3) is 0 Å². The molecule has 108 valence electrons. The van der Waals surface area contributed by atoms with Crippen LogP contribution in [-0.2, 0) is 12.8 Å². The molecule has 0 fully saturated rings. The highest BCUT2D eigenvalue weighted by Gasteiger charge is 2.06. The van der Waals surface area contributed by atoms with Gasteiger partial charge in [-0.05, 0) is 38.0 Å². The molecular formula is C15H21N3O2. The fraction of sp³-hybridized carbons (Fsp3) is 0.467. The van der Waals surface area contributed by atoms with Crippen molar-refractivity contribution in [2.75, 3.05) is 13.7 Å². The predicted molar refractivity (Wildman–Crippen MR) is 76.9 cm³/mol. The van der Waals surface area contributed by atoms with Crippen LogP contribution in [0.5, 0.6) is 5.75 Å². The van der Waals surface area contributed by atoms with Crippen molar-refractivity contribution in [2.45, 2.75) is 32.7 Å². The molecule has 20 heavy (non-hydrogen) atoms. The van der Waals surface area contributed by atoms with Crippen LogP contribution in [-0.4, -0.2) is 29.8 Å². The normalized spacial score (nSPS) is 12.3. The number of aryl methyl sites for hydroxylation is 1. The molecule has 0 amide bonds. The van der Waals surface area contributed by atoms with Gasteiger partial charge in [0.2, 0.25) is 5.89 Å². The van der Waals surface area contributed by atoms with Gasteiger partial charge in [-0.15, -0.1) is 0 Å². The highest BCUT2D eigenvalue weighted by molar-refractivity contribution is 5.27. The smallest absolute Gasteiger partial charge is 0.227 e. The molecule has 0 aliphatic rings. The number of rotatable bonds is 7. The van der Waals surface area contributed by atoms with Gasteiger partial charge in [-0.25, -0.2) is 0 Å². The molecule has 5 nitrogen and oxygen atoms in total. The molecule has 1 unspecified atom stereocenters. The third-order valence-electron chi connectivity index (χ3n) is 3.10. The van der Waals surface area contributed by atoms with Crippen molar-refractivity contribution < 1.29 is 9.26 Å². The molecule has 1 aromatic carbocycles. The minimum atomic E-state index is 0.396. The van der Waals surface area contributed by atoms with E-state index in [1.54, 1.807) is 7.11 Å². The number of hydrogen-bond donors (Lipinski definition) is 1. The summed E-state index contributed by atoms with van der Waals surface area (Å²) >= 11 is 0. The van der Waals surface area contributed by atoms with Gasteiger partial charge in [0.1, 0.15) is 5.75 Å². The molecule has 0 bridgehead atoms. The molecule has 1 N–H and O–H groups in total. The largest absolute Gasteiger partial charge is 0.497 e. The maximum absolute atomic E-state index is 5.15. The van der Waals surface area contributed by atoms with Gasteiger partial charge in [-0.1, -0.05) is 17.3 Å². The fourth-order valence-corrected chi connectivity index (χ4v) is 2.05. The fourth-order valence-electron chi connectivity index (χ4n) is 2.05. The number of aromatic nitrogens is 2. The Balaban J connectivity index is 1.72. The zero-order chi connectivity index (χ0) is 14.4. The van der Waals surface area contributed by atoms with Gasteiger partial charge >= 0.3 is 0 Å². The van der Waals surface area contributed by atoms with Gasteiger partial charge in [0, 0.05) is 19.0 Å². The number of hydrogen-bond acceptors (Lipinski definition) is 5. The summed E-state index contributed by atoms with van der Waals surface area (Å²) in [7, 11) is 1.68. The Labute approximate surface area is 119 Å². The van der Waals surface area contributed by atoms with Crippen LogP contribution >= 0.6 is 0 Å². The first kappa shape index (κ1) is 14.5. The van der Waals surface area contributed by atoms with Crippen molar-refractivity contribution in [3.05, 3.63) is 41.5 Å². The maximum Gasteiger partial charge on any atom is 0.227 e. The van der Waals surface area contributed by atoms with E-state index >= 15 is 0 Å². The summed E-state index contributed by atoms with van der Waals surface area (Å²) in [6.45, 7) is 4.83. The molecular weight excluding hydrogens is 254 g/mol. The Morgan fingerprint density at radius 3 is 2.65 bits per heavy atom. The number of methoxy groups -OCH3 is 1. The van der Waals surface area contributed by atoms with E-state index in [9.17, 15) is 0 Å². The summed E-state index contributed by atoms with van der Waals surface area (Å²) in [6, 6.07) is 8.57. The first-order valence-corrected chi connectivity index (χ1v) is 6.83. The second-order valence-electron chi connectivity index (χ2n) is 4.89. The molecule has 1 atom stereocenters. The van der Waals surface area contributed by atoms with E-state index in [1.807, 2.05) is 19.1 Å². The van der Waals surface area contributed by atoms with E-state index in [4.69, 9.17) is 9.26 Å². The maximum atomic E-state index is 5.15. The van der Waals surface area contributed by atoms with Crippen molar-refractivity contribution in [3.8, 4) is 5.75 Å². The number of nitrogens with zero attached hydrogens (tertiary/aromatic N) is 2. The zero-order valence-corrected chi connectivity index (χ0v) is 12.2. The summed E-state index contributed by atoms with van der Waals surface area (Å²) in [5, 5.41) is 7.23. The Hall–Kier alpha value is -1.88. The van der Waals surface area contributed by atoms with Crippen molar-refractivity contribution in [1.82, 2.24) is 15.5 Å². The van der Waals surface area contributed by atoms with Gasteiger partial charge < -0.3 is 14.6 Å². The molecule has 0 aliphatic heterocycles. The minimum Gasteiger partial charge on any atom is -0.497 e. The monoisotopic (exact) mass is 275 g/mol. The molecule has 5 heteroatoms. The van der Waals surface area contributed by atoms with Crippen LogP contribution in [0.3, 0.4) is 0 Å². The molecule has 1 heterocycles. The standard InChI is InChI=1S/C15H21N3O2/c1-11(10-13-4-6-14(19-3)7-5-13)16-9-8-15-17-12(2)18-20-15/h4-7,11,16H,8-10H2,1-3H3. The number of ether oxygens (including phenoxy) is 1. The Morgan fingerprint density at radius 1 is 1.30 bits per heavy atom. The SMILES string of the molecule is COc1ccc(CC(C)NCCc2nc(C)no2)cc1. The lowest BCUT2D eigenvalue weighted by molar-refractivity contribution is 0.369. The average Bonchev–Trinajstić information content (AvgIpc) is 2.85. The molecule has 0 saturated heterocycles. The number of nitrogens with one attached hydrogen (secondary N) is 1. The summed E-state index contributed by atoms with van der Waals surface area (Å²) < 4.78 is 10.2. The Morgan fingerprint density at radius 2 is 2.05 bits per heavy atom. The van der Waals surface area contributed by atoms with E-state index in [2.05, 4.69) is 34.5 Å². The summed E-state index contributed by atoms with van der Waals surface area (Å²) in [4.78, 5) is 4.18. The van der Waals surface area contributed by atoms with Crippen molar-refractivity contribution in [1.29, 1.82) is 0 Å². The molecule has 0 radical (unpaired) electrons. The molecule has 0 spiro atoms. The van der Waals surface area contributed by atoms with Crippen molar-refractivity contribution >= 4 is 0 Å². The molecule has 1 aromatic heterocycles. The first-order valence-electron chi connectivity index (χ1n) is 6.83. The van der Waals surface area contributed by atoms with Crippen molar-refractivity contribution in [2.24, 2.45) is 0 Å². The molecule has 2 rings (SSSR count). The van der Waals surface area contributed by atoms with Crippen LogP contribution < -0.4 is 10.1 Å². The quantitative estimate of drug-likeness (QED) is 0.839. The van der Waals surface area contributed by atoms with E-state index in [0.29, 0.717) is 17.8 Å². The second kappa shape index (κ2) is 7.05. The lowest BCUT2D eigenvalue weighted by Crippen LogP contribution is -2.30. The van der Waals surface area contributed by atoms with Crippen LogP contribution in [0.15, 0.2) is 28.8 Å². The van der Waals surface area contributed by atoms with Gasteiger partial charge in [0.05, 0.1) is 7.11 Å². The van der Waals surface area contributed by atoms with E-state index in [1.165, 1.54) is 5.56 Å². The van der Waals surface area contributed by atoms with Crippen LogP contribution in [0.4, 0.5) is 0 Å². The summed E-state index contributed by atoms with van der Waals surface area (Å²) in [6.07, 6.45) is 1.74. The van der Waals surface area contributed by atoms with Crippen LogP contribution in [0, 0.1) is 6.92 Å². The van der Waals surface area contributed by atoms with E-state index in [-0.39, 0.29) is 0 Å². The summed E-state index contributed by atoms with van der Waals surface area (Å²) in [5.41, 5.74) is 1.29. The predicted octanol–water partition coefficient (Wildman–Crippen LogP) is 2.15. The zero-order valence-electron chi connectivity index (χ0n) is 12.2. The van der Waals surface area contributed by atoms with Gasteiger partial charge in [-0.2, -0.15) is 4.98 Å². The topological polar surface area (TPSA) is 60.2 Å². The highest BCUT2D eigenvalue weighted by Crippen LogP contribution is 2.12. The second-order valence-corrected chi connectivity index (χ2v) is 4.89. The number of benzene rings is 1. The Bertz CT molecular complexity index is 522. The van der Waals surface area contributed by atoms with Crippen molar-refractivity contribution in [3.63, 3.8) is 0 Å². The van der Waals surface area contributed by atoms with Gasteiger partial charge in [-0.3, -0.25) is 0 Å². The highest BCUT2D eigenvalue weighted by atomic mass is 16.5. The van der Waals surface area contributed by atoms with E-state index in [0.717, 1.165) is 25.1 Å². The lowest BCUT2D eigenvalue weighted by Gasteiger charge is -2.13. The first-order chi connectivity index (χ1) is 9.67. The van der Waals surface area contributed by atoms with Crippen LogP contribution in [0.2, 0.25) is 0 Å². The van der Waals surface area contributed by atoms with Crippen LogP contribution in [0.1, 0.15) is 24.2 Å². The molecule has 0 aliphatic carbocycles.